The van der Waals surface area contributed by atoms with Crippen molar-refractivity contribution in [2.24, 2.45) is 0 Å². The van der Waals surface area contributed by atoms with Crippen LogP contribution in [-0.4, -0.2) is 16.8 Å². The third-order valence-electron chi connectivity index (χ3n) is 2.57. The van der Waals surface area contributed by atoms with Crippen LogP contribution in [0.2, 0.25) is 0 Å². The first kappa shape index (κ1) is 13.3. The van der Waals surface area contributed by atoms with Gasteiger partial charge < -0.3 is 14.9 Å². The van der Waals surface area contributed by atoms with Crippen LogP contribution >= 0.6 is 15.9 Å². The van der Waals surface area contributed by atoms with E-state index in [1.54, 1.807) is 0 Å². The second-order valence-electron chi connectivity index (χ2n) is 4.13. The monoisotopic (exact) mass is 310 g/mol. The third kappa shape index (κ3) is 3.66. The van der Waals surface area contributed by atoms with Crippen molar-refractivity contribution in [3.05, 3.63) is 51.8 Å². The molecule has 0 aliphatic rings. The fourth-order valence-electron chi connectivity index (χ4n) is 1.63. The SMILES string of the molecule is Cc1cc(CNC[C@H](O)c2ccc(Br)cc2)on1. The predicted octanol–water partition coefficient (Wildman–Crippen LogP) is 2.57. The summed E-state index contributed by atoms with van der Waals surface area (Å²) in [5.74, 6) is 0.774. The van der Waals surface area contributed by atoms with Crippen LogP contribution in [0.5, 0.6) is 0 Å². The molecule has 0 saturated carbocycles. The lowest BCUT2D eigenvalue weighted by molar-refractivity contribution is 0.173. The first-order chi connectivity index (χ1) is 8.65. The summed E-state index contributed by atoms with van der Waals surface area (Å²) >= 11 is 3.36. The van der Waals surface area contributed by atoms with Gasteiger partial charge in [-0.15, -0.1) is 0 Å². The number of benzene rings is 1. The van der Waals surface area contributed by atoms with E-state index >= 15 is 0 Å². The van der Waals surface area contributed by atoms with Crippen LogP contribution in [0.15, 0.2) is 39.3 Å². The summed E-state index contributed by atoms with van der Waals surface area (Å²) in [6, 6.07) is 9.50. The third-order valence-corrected chi connectivity index (χ3v) is 3.10. The molecule has 0 radical (unpaired) electrons. The number of aliphatic hydroxyl groups is 1. The normalized spacial score (nSPS) is 12.6. The van der Waals surface area contributed by atoms with Crippen molar-refractivity contribution < 1.29 is 9.63 Å². The van der Waals surface area contributed by atoms with Gasteiger partial charge in [-0.05, 0) is 24.6 Å². The molecule has 1 aromatic heterocycles. The lowest BCUT2D eigenvalue weighted by atomic mass is 10.1. The second-order valence-corrected chi connectivity index (χ2v) is 5.05. The Morgan fingerprint density at radius 1 is 1.39 bits per heavy atom. The molecule has 5 heteroatoms. The van der Waals surface area contributed by atoms with E-state index in [9.17, 15) is 5.11 Å². The quantitative estimate of drug-likeness (QED) is 0.891. The zero-order valence-corrected chi connectivity index (χ0v) is 11.6. The molecule has 4 nitrogen and oxygen atoms in total. The van der Waals surface area contributed by atoms with Gasteiger partial charge in [-0.1, -0.05) is 33.2 Å². The minimum atomic E-state index is -0.526. The average molecular weight is 311 g/mol. The molecule has 1 atom stereocenters. The van der Waals surface area contributed by atoms with Gasteiger partial charge in [0.1, 0.15) is 0 Å². The largest absolute Gasteiger partial charge is 0.387 e. The lowest BCUT2D eigenvalue weighted by Gasteiger charge is -2.11. The highest BCUT2D eigenvalue weighted by Crippen LogP contribution is 2.16. The van der Waals surface area contributed by atoms with E-state index in [1.165, 1.54) is 0 Å². The number of halogens is 1. The van der Waals surface area contributed by atoms with Crippen molar-refractivity contribution in [2.45, 2.75) is 19.6 Å². The summed E-state index contributed by atoms with van der Waals surface area (Å²) in [5, 5.41) is 16.9. The molecule has 1 heterocycles. The molecule has 96 valence electrons. The molecule has 18 heavy (non-hydrogen) atoms. The standard InChI is InChI=1S/C13H15BrN2O2/c1-9-6-12(18-16-9)7-15-8-13(17)10-2-4-11(14)5-3-10/h2-6,13,15,17H,7-8H2,1H3/t13-/m0/s1. The maximum atomic E-state index is 9.97. The Bertz CT molecular complexity index is 496. The topological polar surface area (TPSA) is 58.3 Å². The van der Waals surface area contributed by atoms with Gasteiger partial charge in [0.2, 0.25) is 0 Å². The number of nitrogens with zero attached hydrogens (tertiary/aromatic N) is 1. The van der Waals surface area contributed by atoms with E-state index < -0.39 is 6.10 Å². The molecule has 1 aromatic carbocycles. The highest BCUT2D eigenvalue weighted by Gasteiger charge is 2.07. The summed E-state index contributed by atoms with van der Waals surface area (Å²) in [4.78, 5) is 0. The molecule has 0 bridgehead atoms. The number of aryl methyl sites for hydroxylation is 1. The molecule has 2 N–H and O–H groups in total. The van der Waals surface area contributed by atoms with E-state index in [0.29, 0.717) is 13.1 Å². The number of hydrogen-bond acceptors (Lipinski definition) is 4. The first-order valence-electron chi connectivity index (χ1n) is 5.71. The van der Waals surface area contributed by atoms with Crippen LogP contribution in [0.4, 0.5) is 0 Å². The Morgan fingerprint density at radius 3 is 2.72 bits per heavy atom. The Kier molecular flexibility index (Phi) is 4.52. The van der Waals surface area contributed by atoms with Gasteiger partial charge in [-0.2, -0.15) is 0 Å². The van der Waals surface area contributed by atoms with Gasteiger partial charge >= 0.3 is 0 Å². The Morgan fingerprint density at radius 2 is 2.11 bits per heavy atom. The highest BCUT2D eigenvalue weighted by molar-refractivity contribution is 9.10. The number of nitrogens with one attached hydrogen (secondary N) is 1. The van der Waals surface area contributed by atoms with Crippen LogP contribution in [0, 0.1) is 6.92 Å². The van der Waals surface area contributed by atoms with Crippen LogP contribution in [0.25, 0.3) is 0 Å². The fourth-order valence-corrected chi connectivity index (χ4v) is 1.90. The van der Waals surface area contributed by atoms with Crippen molar-refractivity contribution >= 4 is 15.9 Å². The molecule has 0 saturated heterocycles. The number of aromatic nitrogens is 1. The molecule has 0 aliphatic carbocycles. The summed E-state index contributed by atoms with van der Waals surface area (Å²) in [5.41, 5.74) is 1.75. The van der Waals surface area contributed by atoms with E-state index in [1.807, 2.05) is 37.3 Å². The molecule has 0 spiro atoms. The molecule has 0 unspecified atom stereocenters. The van der Waals surface area contributed by atoms with E-state index in [4.69, 9.17) is 4.52 Å². The highest BCUT2D eigenvalue weighted by atomic mass is 79.9. The minimum Gasteiger partial charge on any atom is -0.387 e. The number of aliphatic hydroxyl groups excluding tert-OH is 1. The van der Waals surface area contributed by atoms with Gasteiger partial charge in [0.15, 0.2) is 5.76 Å². The summed E-state index contributed by atoms with van der Waals surface area (Å²) in [6.45, 7) is 2.92. The Hall–Kier alpha value is -1.17. The zero-order chi connectivity index (χ0) is 13.0. The van der Waals surface area contributed by atoms with Crippen molar-refractivity contribution in [2.75, 3.05) is 6.54 Å². The summed E-state index contributed by atoms with van der Waals surface area (Å²) in [6.07, 6.45) is -0.526. The molecular formula is C13H15BrN2O2. The van der Waals surface area contributed by atoms with Crippen molar-refractivity contribution in [3.8, 4) is 0 Å². The molecule has 2 rings (SSSR count). The predicted molar refractivity (Wildman–Crippen MR) is 72.0 cm³/mol. The van der Waals surface area contributed by atoms with E-state index in [2.05, 4.69) is 26.4 Å². The van der Waals surface area contributed by atoms with Gasteiger partial charge in [0.05, 0.1) is 18.3 Å². The van der Waals surface area contributed by atoms with Crippen LogP contribution < -0.4 is 5.32 Å². The van der Waals surface area contributed by atoms with Crippen LogP contribution in [0.3, 0.4) is 0 Å². The fraction of sp³-hybridized carbons (Fsp3) is 0.308. The average Bonchev–Trinajstić information content (AvgIpc) is 2.76. The smallest absolute Gasteiger partial charge is 0.150 e. The Labute approximate surface area is 114 Å². The Balaban J connectivity index is 1.81. The summed E-state index contributed by atoms with van der Waals surface area (Å²) in [7, 11) is 0. The lowest BCUT2D eigenvalue weighted by Crippen LogP contribution is -2.20. The molecule has 2 aromatic rings. The van der Waals surface area contributed by atoms with E-state index in [0.717, 1.165) is 21.5 Å². The zero-order valence-electron chi connectivity index (χ0n) is 10.1. The van der Waals surface area contributed by atoms with Crippen LogP contribution in [0.1, 0.15) is 23.1 Å². The van der Waals surface area contributed by atoms with Crippen molar-refractivity contribution in [3.63, 3.8) is 0 Å². The van der Waals surface area contributed by atoms with Gasteiger partial charge in [-0.25, -0.2) is 0 Å². The van der Waals surface area contributed by atoms with Gasteiger partial charge in [0, 0.05) is 17.1 Å². The maximum Gasteiger partial charge on any atom is 0.150 e. The van der Waals surface area contributed by atoms with Gasteiger partial charge in [0.25, 0.3) is 0 Å². The molecule has 0 amide bonds. The first-order valence-corrected chi connectivity index (χ1v) is 6.51. The molecular weight excluding hydrogens is 296 g/mol. The van der Waals surface area contributed by atoms with Crippen molar-refractivity contribution in [1.29, 1.82) is 0 Å². The van der Waals surface area contributed by atoms with Crippen molar-refractivity contribution in [1.82, 2.24) is 10.5 Å². The number of rotatable bonds is 5. The number of hydrogen-bond donors (Lipinski definition) is 2. The van der Waals surface area contributed by atoms with Gasteiger partial charge in [-0.3, -0.25) is 0 Å². The molecule has 0 fully saturated rings. The summed E-state index contributed by atoms with van der Waals surface area (Å²) < 4.78 is 6.07. The molecule has 0 aliphatic heterocycles. The van der Waals surface area contributed by atoms with E-state index in [-0.39, 0.29) is 0 Å². The second kappa shape index (κ2) is 6.13. The van der Waals surface area contributed by atoms with Crippen LogP contribution in [-0.2, 0) is 6.54 Å². The maximum absolute atomic E-state index is 9.97. The minimum absolute atomic E-state index is 0.474.